The summed E-state index contributed by atoms with van der Waals surface area (Å²) in [5, 5.41) is 11.6. The number of nitrogens with zero attached hydrogens (tertiary/aromatic N) is 2. The van der Waals surface area contributed by atoms with Gasteiger partial charge in [-0.1, -0.05) is 42.5 Å². The maximum Gasteiger partial charge on any atom is 0.266 e. The molecule has 0 saturated heterocycles. The molecule has 6 nitrogen and oxygen atoms in total. The smallest absolute Gasteiger partial charge is 0.266 e. The van der Waals surface area contributed by atoms with E-state index in [2.05, 4.69) is 15.5 Å². The van der Waals surface area contributed by atoms with Crippen molar-refractivity contribution in [1.29, 1.82) is 0 Å². The van der Waals surface area contributed by atoms with Crippen LogP contribution < -0.4 is 10.2 Å². The summed E-state index contributed by atoms with van der Waals surface area (Å²) in [6, 6.07) is 20.5. The summed E-state index contributed by atoms with van der Waals surface area (Å²) in [7, 11) is 0. The summed E-state index contributed by atoms with van der Waals surface area (Å²) in [4.78, 5) is 27.5. The van der Waals surface area contributed by atoms with E-state index in [1.54, 1.807) is 18.2 Å². The van der Waals surface area contributed by atoms with Crippen molar-refractivity contribution in [2.24, 2.45) is 0 Å². The number of benzene rings is 3. The van der Waals surface area contributed by atoms with Crippen LogP contribution in [0.15, 0.2) is 66.7 Å². The third kappa shape index (κ3) is 3.18. The standard InChI is InChI=1S/C25H20N4O2/c1-2-26-17-12-13-18-20(15-17)25(31)29(24(18)30)23-10-6-3-7-16(23)11-14-22-19-8-4-5-9-21(19)27-28-22/h3-15,26H,2H2,1H3,(H,27,28). The molecule has 0 saturated carbocycles. The van der Waals surface area contributed by atoms with Crippen LogP contribution in [0.5, 0.6) is 0 Å². The number of aromatic amines is 1. The number of carbonyl (C=O) groups is 2. The minimum Gasteiger partial charge on any atom is -0.385 e. The summed E-state index contributed by atoms with van der Waals surface area (Å²) < 4.78 is 0. The zero-order chi connectivity index (χ0) is 21.4. The van der Waals surface area contributed by atoms with Gasteiger partial charge in [0, 0.05) is 17.6 Å². The molecule has 2 heterocycles. The van der Waals surface area contributed by atoms with Crippen molar-refractivity contribution in [2.75, 3.05) is 16.8 Å². The normalized spacial score (nSPS) is 13.4. The minimum absolute atomic E-state index is 0.311. The number of hydrogen-bond acceptors (Lipinski definition) is 4. The average Bonchev–Trinajstić information content (AvgIpc) is 3.31. The fraction of sp³-hybridized carbons (Fsp3) is 0.0800. The molecular formula is C25H20N4O2. The Kier molecular flexibility index (Phi) is 4.59. The topological polar surface area (TPSA) is 78.1 Å². The third-order valence-electron chi connectivity index (χ3n) is 5.37. The molecule has 0 spiro atoms. The van der Waals surface area contributed by atoms with Gasteiger partial charge in [0.25, 0.3) is 11.8 Å². The lowest BCUT2D eigenvalue weighted by Crippen LogP contribution is -2.29. The van der Waals surface area contributed by atoms with Crippen LogP contribution in [-0.2, 0) is 0 Å². The zero-order valence-electron chi connectivity index (χ0n) is 16.9. The Bertz CT molecular complexity index is 1350. The van der Waals surface area contributed by atoms with Gasteiger partial charge in [-0.25, -0.2) is 4.90 Å². The maximum atomic E-state index is 13.2. The third-order valence-corrected chi connectivity index (χ3v) is 5.37. The van der Waals surface area contributed by atoms with Crippen molar-refractivity contribution < 1.29 is 9.59 Å². The number of aromatic nitrogens is 2. The monoisotopic (exact) mass is 408 g/mol. The van der Waals surface area contributed by atoms with E-state index in [1.807, 2.05) is 67.6 Å². The van der Waals surface area contributed by atoms with Gasteiger partial charge in [-0.05, 0) is 48.9 Å². The van der Waals surface area contributed by atoms with E-state index < -0.39 is 0 Å². The lowest BCUT2D eigenvalue weighted by atomic mass is 10.1. The predicted molar refractivity (Wildman–Crippen MR) is 123 cm³/mol. The molecule has 0 radical (unpaired) electrons. The van der Waals surface area contributed by atoms with Crippen LogP contribution in [-0.4, -0.2) is 28.6 Å². The average molecular weight is 408 g/mol. The van der Waals surface area contributed by atoms with Gasteiger partial charge >= 0.3 is 0 Å². The summed E-state index contributed by atoms with van der Waals surface area (Å²) in [6.45, 7) is 2.72. The van der Waals surface area contributed by atoms with Crippen LogP contribution in [0.4, 0.5) is 11.4 Å². The van der Waals surface area contributed by atoms with Gasteiger partial charge in [-0.3, -0.25) is 14.7 Å². The molecule has 3 aromatic carbocycles. The molecule has 152 valence electrons. The lowest BCUT2D eigenvalue weighted by Gasteiger charge is -2.16. The van der Waals surface area contributed by atoms with Crippen molar-refractivity contribution in [3.8, 4) is 0 Å². The van der Waals surface area contributed by atoms with E-state index in [4.69, 9.17) is 0 Å². The van der Waals surface area contributed by atoms with E-state index in [9.17, 15) is 9.59 Å². The van der Waals surface area contributed by atoms with Gasteiger partial charge in [0.2, 0.25) is 0 Å². The zero-order valence-corrected chi connectivity index (χ0v) is 16.9. The van der Waals surface area contributed by atoms with E-state index in [1.165, 1.54) is 4.90 Å². The number of carbonyl (C=O) groups excluding carboxylic acids is 2. The van der Waals surface area contributed by atoms with Gasteiger partial charge in [0.1, 0.15) is 0 Å². The van der Waals surface area contributed by atoms with Crippen LogP contribution >= 0.6 is 0 Å². The molecule has 5 rings (SSSR count). The van der Waals surface area contributed by atoms with Gasteiger partial charge in [0.15, 0.2) is 0 Å². The van der Waals surface area contributed by atoms with Gasteiger partial charge in [-0.15, -0.1) is 0 Å². The molecular weight excluding hydrogens is 388 g/mol. The highest BCUT2D eigenvalue weighted by molar-refractivity contribution is 6.35. The second-order valence-electron chi connectivity index (χ2n) is 7.28. The Hall–Kier alpha value is -4.19. The minimum atomic E-state index is -0.314. The highest BCUT2D eigenvalue weighted by atomic mass is 16.2. The number of rotatable bonds is 5. The van der Waals surface area contributed by atoms with E-state index >= 15 is 0 Å². The second-order valence-corrected chi connectivity index (χ2v) is 7.28. The first-order valence-electron chi connectivity index (χ1n) is 10.1. The van der Waals surface area contributed by atoms with Crippen LogP contribution in [0.3, 0.4) is 0 Å². The summed E-state index contributed by atoms with van der Waals surface area (Å²) in [5.74, 6) is -0.625. The molecule has 0 unspecified atom stereocenters. The Balaban J connectivity index is 1.52. The van der Waals surface area contributed by atoms with Gasteiger partial charge in [0.05, 0.1) is 28.0 Å². The molecule has 2 N–H and O–H groups in total. The fourth-order valence-electron chi connectivity index (χ4n) is 3.89. The number of nitrogens with one attached hydrogen (secondary N) is 2. The molecule has 1 aliphatic rings. The summed E-state index contributed by atoms with van der Waals surface area (Å²) >= 11 is 0. The molecule has 2 amide bonds. The number of imide groups is 1. The molecule has 6 heteroatoms. The first kappa shape index (κ1) is 18.8. The van der Waals surface area contributed by atoms with Crippen LogP contribution in [0.1, 0.15) is 38.9 Å². The highest BCUT2D eigenvalue weighted by Crippen LogP contribution is 2.33. The molecule has 31 heavy (non-hydrogen) atoms. The Morgan fingerprint density at radius 2 is 1.71 bits per heavy atom. The Morgan fingerprint density at radius 1 is 0.935 bits per heavy atom. The maximum absolute atomic E-state index is 13.2. The summed E-state index contributed by atoms with van der Waals surface area (Å²) in [5.41, 5.74) is 4.72. The molecule has 0 aliphatic carbocycles. The van der Waals surface area contributed by atoms with Crippen LogP contribution in [0, 0.1) is 0 Å². The van der Waals surface area contributed by atoms with Crippen molar-refractivity contribution >= 4 is 46.2 Å². The molecule has 0 fully saturated rings. The molecule has 4 aromatic rings. The van der Waals surface area contributed by atoms with Crippen LogP contribution in [0.2, 0.25) is 0 Å². The van der Waals surface area contributed by atoms with Crippen LogP contribution in [0.25, 0.3) is 23.1 Å². The first-order valence-corrected chi connectivity index (χ1v) is 10.1. The fourth-order valence-corrected chi connectivity index (χ4v) is 3.89. The Labute approximate surface area is 179 Å². The van der Waals surface area contributed by atoms with Gasteiger partial charge < -0.3 is 5.32 Å². The van der Waals surface area contributed by atoms with E-state index in [0.29, 0.717) is 16.8 Å². The number of fused-ring (bicyclic) bond motifs is 2. The number of hydrogen-bond donors (Lipinski definition) is 2. The lowest BCUT2D eigenvalue weighted by molar-refractivity contribution is 0.0926. The van der Waals surface area contributed by atoms with E-state index in [-0.39, 0.29) is 11.8 Å². The number of anilines is 2. The number of para-hydroxylation sites is 2. The Morgan fingerprint density at radius 3 is 2.58 bits per heavy atom. The van der Waals surface area contributed by atoms with Crippen molar-refractivity contribution in [3.05, 3.63) is 89.1 Å². The SMILES string of the molecule is CCNc1ccc2c(c1)C(=O)N(c1ccccc1C=Cc1n[nH]c3ccccc13)C2=O. The molecule has 0 atom stereocenters. The van der Waals surface area contributed by atoms with E-state index in [0.717, 1.165) is 34.4 Å². The van der Waals surface area contributed by atoms with Crippen molar-refractivity contribution in [1.82, 2.24) is 10.2 Å². The summed E-state index contributed by atoms with van der Waals surface area (Å²) in [6.07, 6.45) is 3.77. The largest absolute Gasteiger partial charge is 0.385 e. The second kappa shape index (κ2) is 7.57. The first-order chi connectivity index (χ1) is 15.2. The quantitative estimate of drug-likeness (QED) is 0.457. The van der Waals surface area contributed by atoms with Gasteiger partial charge in [-0.2, -0.15) is 5.10 Å². The number of amides is 2. The highest BCUT2D eigenvalue weighted by Gasteiger charge is 2.37. The molecule has 0 bridgehead atoms. The van der Waals surface area contributed by atoms with Crippen molar-refractivity contribution in [2.45, 2.75) is 6.92 Å². The molecule has 1 aliphatic heterocycles. The number of H-pyrrole nitrogens is 1. The predicted octanol–water partition coefficient (Wildman–Crippen LogP) is 4.97. The van der Waals surface area contributed by atoms with Crippen molar-refractivity contribution in [3.63, 3.8) is 0 Å². The molecule has 1 aromatic heterocycles.